The van der Waals surface area contributed by atoms with Gasteiger partial charge in [-0.2, -0.15) is 0 Å². The molecule has 0 aromatic heterocycles. The lowest BCUT2D eigenvalue weighted by atomic mass is 9.95. The number of hydrogen-bond donors (Lipinski definition) is 2. The van der Waals surface area contributed by atoms with E-state index in [0.29, 0.717) is 37.2 Å². The van der Waals surface area contributed by atoms with Gasteiger partial charge in [0.15, 0.2) is 0 Å². The molecule has 1 aliphatic heterocycles. The van der Waals surface area contributed by atoms with Crippen LogP contribution in [-0.2, 0) is 14.4 Å². The molecule has 1 heterocycles. The molecule has 0 aliphatic carbocycles. The zero-order valence-electron chi connectivity index (χ0n) is 17.2. The number of rotatable bonds is 7. The lowest BCUT2D eigenvalue weighted by Gasteiger charge is -2.31. The number of anilines is 1. The van der Waals surface area contributed by atoms with Gasteiger partial charge in [0, 0.05) is 45.2 Å². The van der Waals surface area contributed by atoms with Crippen molar-refractivity contribution >= 4 is 35.2 Å². The monoisotopic (exact) mass is 418 g/mol. The molecular formula is C20H26N4O6. The average molecular weight is 418 g/mol. The van der Waals surface area contributed by atoms with Gasteiger partial charge in [-0.15, -0.1) is 0 Å². The largest absolute Gasteiger partial charge is 0.480 e. The van der Waals surface area contributed by atoms with Crippen LogP contribution in [0.3, 0.4) is 0 Å². The van der Waals surface area contributed by atoms with Gasteiger partial charge in [-0.25, -0.2) is 0 Å². The van der Waals surface area contributed by atoms with Crippen molar-refractivity contribution in [2.75, 3.05) is 32.1 Å². The molecule has 2 N–H and O–H groups in total. The van der Waals surface area contributed by atoms with Crippen LogP contribution in [0.2, 0.25) is 0 Å². The van der Waals surface area contributed by atoms with Gasteiger partial charge in [-0.3, -0.25) is 24.5 Å². The highest BCUT2D eigenvalue weighted by Gasteiger charge is 2.28. The molecule has 0 saturated carbocycles. The number of amides is 2. The molecule has 10 nitrogen and oxygen atoms in total. The van der Waals surface area contributed by atoms with Crippen LogP contribution in [0.1, 0.15) is 25.3 Å². The first-order chi connectivity index (χ1) is 14.1. The topological polar surface area (TPSA) is 133 Å². The van der Waals surface area contributed by atoms with Gasteiger partial charge < -0.3 is 20.2 Å². The first kappa shape index (κ1) is 22.9. The third-order valence-electron chi connectivity index (χ3n) is 5.00. The summed E-state index contributed by atoms with van der Waals surface area (Å²) >= 11 is 0. The van der Waals surface area contributed by atoms with Crippen LogP contribution in [0.25, 0.3) is 6.08 Å². The number of nitro groups is 1. The van der Waals surface area contributed by atoms with E-state index < -0.39 is 16.9 Å². The van der Waals surface area contributed by atoms with Crippen molar-refractivity contribution in [3.63, 3.8) is 0 Å². The number of carboxylic acid groups (broad SMARTS) is 1. The average Bonchev–Trinajstić information content (AvgIpc) is 2.71. The van der Waals surface area contributed by atoms with E-state index in [9.17, 15) is 24.5 Å². The molecule has 1 aromatic rings. The van der Waals surface area contributed by atoms with Gasteiger partial charge in [-0.05, 0) is 37.5 Å². The van der Waals surface area contributed by atoms with Crippen molar-refractivity contribution < 1.29 is 24.4 Å². The van der Waals surface area contributed by atoms with Crippen molar-refractivity contribution in [1.29, 1.82) is 0 Å². The van der Waals surface area contributed by atoms with Gasteiger partial charge in [0.05, 0.1) is 4.92 Å². The number of carboxylic acids is 1. The second-order valence-corrected chi connectivity index (χ2v) is 7.40. The highest BCUT2D eigenvalue weighted by Crippen LogP contribution is 2.28. The maximum Gasteiger partial charge on any atom is 0.325 e. The highest BCUT2D eigenvalue weighted by molar-refractivity contribution is 5.92. The van der Waals surface area contributed by atoms with E-state index in [2.05, 4.69) is 5.32 Å². The Morgan fingerprint density at radius 3 is 2.47 bits per heavy atom. The Kier molecular flexibility index (Phi) is 7.51. The van der Waals surface area contributed by atoms with Gasteiger partial charge in [0.1, 0.15) is 11.7 Å². The molecule has 162 valence electrons. The van der Waals surface area contributed by atoms with Gasteiger partial charge in [0.2, 0.25) is 11.8 Å². The number of aliphatic carboxylic acids is 1. The van der Waals surface area contributed by atoms with E-state index in [1.54, 1.807) is 36.0 Å². The number of nitrogens with one attached hydrogen (secondary N) is 1. The second-order valence-electron chi connectivity index (χ2n) is 7.40. The smallest absolute Gasteiger partial charge is 0.325 e. The molecular weight excluding hydrogens is 392 g/mol. The maximum atomic E-state index is 12.4. The molecule has 1 fully saturated rings. The Balaban J connectivity index is 1.96. The van der Waals surface area contributed by atoms with Crippen LogP contribution in [0, 0.1) is 16.0 Å². The van der Waals surface area contributed by atoms with Crippen LogP contribution >= 0.6 is 0 Å². The SMILES string of the molecule is CC(NC(=O)C1CCN(C(=O)C=Cc2ccc(N(C)C)c([N+](=O)[O-])c2)CC1)C(=O)O. The summed E-state index contributed by atoms with van der Waals surface area (Å²) in [5, 5.41) is 22.6. The highest BCUT2D eigenvalue weighted by atomic mass is 16.6. The van der Waals surface area contributed by atoms with Crippen LogP contribution in [-0.4, -0.2) is 65.9 Å². The fourth-order valence-corrected chi connectivity index (χ4v) is 3.20. The zero-order valence-corrected chi connectivity index (χ0v) is 17.2. The maximum absolute atomic E-state index is 12.4. The Morgan fingerprint density at radius 1 is 1.30 bits per heavy atom. The standard InChI is InChI=1S/C20H26N4O6/c1-13(20(27)28)21-19(26)15-8-10-23(11-9-15)18(25)7-5-14-4-6-16(22(2)3)17(12-14)24(29)30/h4-7,12-13,15H,8-11H2,1-3H3,(H,21,26)(H,27,28). The fraction of sp³-hybridized carbons (Fsp3) is 0.450. The molecule has 1 saturated heterocycles. The predicted molar refractivity (Wildman–Crippen MR) is 111 cm³/mol. The van der Waals surface area contributed by atoms with Crippen LogP contribution in [0.4, 0.5) is 11.4 Å². The first-order valence-electron chi connectivity index (χ1n) is 9.56. The first-order valence-corrected chi connectivity index (χ1v) is 9.56. The minimum absolute atomic E-state index is 0.0444. The lowest BCUT2D eigenvalue weighted by Crippen LogP contribution is -2.46. The number of benzene rings is 1. The molecule has 30 heavy (non-hydrogen) atoms. The Labute approximate surface area is 174 Å². The summed E-state index contributed by atoms with van der Waals surface area (Å²) in [6.07, 6.45) is 3.78. The summed E-state index contributed by atoms with van der Waals surface area (Å²) in [4.78, 5) is 49.4. The minimum Gasteiger partial charge on any atom is -0.480 e. The summed E-state index contributed by atoms with van der Waals surface area (Å²) in [5.74, 6) is -1.99. The van der Waals surface area contributed by atoms with Crippen molar-refractivity contribution in [3.8, 4) is 0 Å². The van der Waals surface area contributed by atoms with E-state index in [4.69, 9.17) is 5.11 Å². The van der Waals surface area contributed by atoms with Crippen LogP contribution in [0.5, 0.6) is 0 Å². The fourth-order valence-electron chi connectivity index (χ4n) is 3.20. The summed E-state index contributed by atoms with van der Waals surface area (Å²) in [5.41, 5.74) is 0.968. The van der Waals surface area contributed by atoms with Crippen molar-refractivity contribution in [2.45, 2.75) is 25.8 Å². The Hall–Kier alpha value is -3.43. The van der Waals surface area contributed by atoms with Crippen LogP contribution < -0.4 is 10.2 Å². The summed E-state index contributed by atoms with van der Waals surface area (Å²) in [6.45, 7) is 2.16. The quantitative estimate of drug-likeness (QED) is 0.389. The molecule has 10 heteroatoms. The number of carbonyl (C=O) groups is 3. The summed E-state index contributed by atoms with van der Waals surface area (Å²) < 4.78 is 0. The van der Waals surface area contributed by atoms with Crippen molar-refractivity contribution in [3.05, 3.63) is 40.0 Å². The lowest BCUT2D eigenvalue weighted by molar-refractivity contribution is -0.384. The molecule has 2 amide bonds. The van der Waals surface area contributed by atoms with Gasteiger partial charge in [0.25, 0.3) is 5.69 Å². The number of piperidine rings is 1. The summed E-state index contributed by atoms with van der Waals surface area (Å²) in [7, 11) is 3.43. The second kappa shape index (κ2) is 9.86. The number of likely N-dealkylation sites (tertiary alicyclic amines) is 1. The third kappa shape index (κ3) is 5.79. The molecule has 2 rings (SSSR count). The van der Waals surface area contributed by atoms with Crippen LogP contribution in [0.15, 0.2) is 24.3 Å². The summed E-state index contributed by atoms with van der Waals surface area (Å²) in [6, 6.07) is 3.79. The Bertz CT molecular complexity index is 859. The zero-order chi connectivity index (χ0) is 22.4. The van der Waals surface area contributed by atoms with E-state index in [-0.39, 0.29) is 23.4 Å². The normalized spacial score (nSPS) is 15.6. The molecule has 0 bridgehead atoms. The number of nitro benzene ring substituents is 1. The predicted octanol–water partition coefficient (Wildman–Crippen LogP) is 1.50. The Morgan fingerprint density at radius 2 is 1.93 bits per heavy atom. The van der Waals surface area contributed by atoms with Gasteiger partial charge >= 0.3 is 5.97 Å². The van der Waals surface area contributed by atoms with Crippen molar-refractivity contribution in [1.82, 2.24) is 10.2 Å². The molecule has 0 radical (unpaired) electrons. The number of nitrogens with zero attached hydrogens (tertiary/aromatic N) is 3. The van der Waals surface area contributed by atoms with E-state index in [0.717, 1.165) is 0 Å². The van der Waals surface area contributed by atoms with Gasteiger partial charge in [-0.1, -0.05) is 6.07 Å². The number of hydrogen-bond acceptors (Lipinski definition) is 6. The van der Waals surface area contributed by atoms with E-state index in [1.165, 1.54) is 25.1 Å². The third-order valence-corrected chi connectivity index (χ3v) is 5.00. The molecule has 1 aliphatic rings. The molecule has 1 aromatic carbocycles. The van der Waals surface area contributed by atoms with Crippen molar-refractivity contribution in [2.24, 2.45) is 5.92 Å². The van der Waals surface area contributed by atoms with E-state index >= 15 is 0 Å². The molecule has 1 unspecified atom stereocenters. The molecule has 0 spiro atoms. The number of carbonyl (C=O) groups excluding carboxylic acids is 2. The minimum atomic E-state index is -1.10. The molecule has 1 atom stereocenters. The van der Waals surface area contributed by atoms with E-state index in [1.807, 2.05) is 0 Å².